The lowest BCUT2D eigenvalue weighted by atomic mass is 10.3. The van der Waals surface area contributed by atoms with Crippen molar-refractivity contribution in [1.29, 1.82) is 0 Å². The third-order valence-electron chi connectivity index (χ3n) is 1.73. The van der Waals surface area contributed by atoms with Crippen molar-refractivity contribution in [2.24, 2.45) is 0 Å². The molecule has 0 aliphatic carbocycles. The van der Waals surface area contributed by atoms with Gasteiger partial charge in [-0.1, -0.05) is 5.21 Å². The number of aromatic amines is 1. The van der Waals surface area contributed by atoms with Crippen LogP contribution >= 0.6 is 11.8 Å². The molecule has 1 heterocycles. The van der Waals surface area contributed by atoms with Gasteiger partial charge in [0.05, 0.1) is 6.20 Å². The van der Waals surface area contributed by atoms with Gasteiger partial charge in [0.2, 0.25) is 0 Å². The molecule has 78 valence electrons. The van der Waals surface area contributed by atoms with Crippen LogP contribution in [0, 0.1) is 0 Å². The molecule has 0 aliphatic heterocycles. The maximum absolute atomic E-state index is 11.1. The van der Waals surface area contributed by atoms with E-state index in [9.17, 15) is 4.79 Å². The molecule has 5 nitrogen and oxygen atoms in total. The Labute approximate surface area is 86.7 Å². The van der Waals surface area contributed by atoms with E-state index < -0.39 is 0 Å². The van der Waals surface area contributed by atoms with Crippen LogP contribution < -0.4 is 10.9 Å². The van der Waals surface area contributed by atoms with Crippen molar-refractivity contribution < 1.29 is 0 Å². The summed E-state index contributed by atoms with van der Waals surface area (Å²) < 4.78 is 0. The van der Waals surface area contributed by atoms with Gasteiger partial charge in [-0.2, -0.15) is 11.8 Å². The molecule has 0 aliphatic rings. The third-order valence-corrected chi connectivity index (χ3v) is 2.43. The first-order valence-electron chi connectivity index (χ1n) is 4.48. The number of rotatable bonds is 6. The molecule has 0 radical (unpaired) electrons. The van der Waals surface area contributed by atoms with E-state index in [1.807, 2.05) is 11.8 Å². The number of H-pyrrole nitrogens is 1. The second-order valence-corrected chi connectivity index (χ2v) is 3.81. The Kier molecular flexibility index (Phi) is 5.06. The van der Waals surface area contributed by atoms with Crippen LogP contribution in [0.15, 0.2) is 11.0 Å². The molecular formula is C8H14N4OS. The lowest BCUT2D eigenvalue weighted by Crippen LogP contribution is -2.16. The van der Waals surface area contributed by atoms with Gasteiger partial charge in [-0.3, -0.25) is 4.79 Å². The lowest BCUT2D eigenvalue weighted by molar-refractivity contribution is 0.817. The Morgan fingerprint density at radius 3 is 3.14 bits per heavy atom. The molecule has 0 atom stereocenters. The second-order valence-electron chi connectivity index (χ2n) is 2.83. The summed E-state index contributed by atoms with van der Waals surface area (Å²) >= 11 is 1.83. The minimum atomic E-state index is -0.218. The first kappa shape index (κ1) is 11.0. The fourth-order valence-corrected chi connectivity index (χ4v) is 1.49. The summed E-state index contributed by atoms with van der Waals surface area (Å²) in [4.78, 5) is 11.1. The number of unbranched alkanes of at least 4 members (excludes halogenated alkanes) is 1. The molecule has 2 N–H and O–H groups in total. The van der Waals surface area contributed by atoms with Crippen molar-refractivity contribution >= 4 is 17.4 Å². The van der Waals surface area contributed by atoms with E-state index in [2.05, 4.69) is 27.0 Å². The first-order valence-corrected chi connectivity index (χ1v) is 5.87. The normalized spacial score (nSPS) is 10.1. The summed E-state index contributed by atoms with van der Waals surface area (Å²) in [5, 5.41) is 12.2. The van der Waals surface area contributed by atoms with E-state index in [4.69, 9.17) is 0 Å². The molecule has 1 aromatic rings. The summed E-state index contributed by atoms with van der Waals surface area (Å²) in [6, 6.07) is 0. The van der Waals surface area contributed by atoms with Gasteiger partial charge in [0.1, 0.15) is 5.69 Å². The fraction of sp³-hybridized carbons (Fsp3) is 0.625. The lowest BCUT2D eigenvalue weighted by Gasteiger charge is -2.02. The topological polar surface area (TPSA) is 70.7 Å². The predicted octanol–water partition coefficient (Wildman–Crippen LogP) is 0.720. The molecule has 14 heavy (non-hydrogen) atoms. The van der Waals surface area contributed by atoms with Crippen molar-refractivity contribution in [1.82, 2.24) is 15.4 Å². The van der Waals surface area contributed by atoms with Gasteiger partial charge < -0.3 is 5.32 Å². The average Bonchev–Trinajstić information content (AvgIpc) is 2.20. The van der Waals surface area contributed by atoms with Crippen molar-refractivity contribution in [3.63, 3.8) is 0 Å². The van der Waals surface area contributed by atoms with Crippen LogP contribution in [0.25, 0.3) is 0 Å². The van der Waals surface area contributed by atoms with Gasteiger partial charge in [-0.05, 0) is 24.9 Å². The van der Waals surface area contributed by atoms with Crippen LogP contribution in [-0.2, 0) is 0 Å². The van der Waals surface area contributed by atoms with E-state index in [1.54, 1.807) is 0 Å². The monoisotopic (exact) mass is 214 g/mol. The molecule has 0 fully saturated rings. The number of thioether (sulfide) groups is 1. The van der Waals surface area contributed by atoms with Crippen LogP contribution in [0.1, 0.15) is 12.8 Å². The zero-order valence-corrected chi connectivity index (χ0v) is 8.93. The number of nitrogens with one attached hydrogen (secondary N) is 2. The predicted molar refractivity (Wildman–Crippen MR) is 58.8 cm³/mol. The van der Waals surface area contributed by atoms with Crippen LogP contribution in [0.3, 0.4) is 0 Å². The Hall–Kier alpha value is -1.04. The Balaban J connectivity index is 2.25. The molecule has 0 aromatic carbocycles. The SMILES string of the molecule is CSCCCCNc1cnn[nH]c1=O. The summed E-state index contributed by atoms with van der Waals surface area (Å²) in [5.41, 5.74) is 0.272. The summed E-state index contributed by atoms with van der Waals surface area (Å²) in [6.07, 6.45) is 5.74. The van der Waals surface area contributed by atoms with Gasteiger partial charge in [-0.15, -0.1) is 5.10 Å². The Morgan fingerprint density at radius 1 is 1.57 bits per heavy atom. The first-order chi connectivity index (χ1) is 6.84. The molecule has 0 bridgehead atoms. The van der Waals surface area contributed by atoms with E-state index in [1.165, 1.54) is 6.20 Å². The summed E-state index contributed by atoms with van der Waals surface area (Å²) in [7, 11) is 0. The molecule has 0 saturated heterocycles. The highest BCUT2D eigenvalue weighted by atomic mass is 32.2. The van der Waals surface area contributed by atoms with Crippen LogP contribution in [0.4, 0.5) is 5.69 Å². The van der Waals surface area contributed by atoms with Crippen LogP contribution in [0.2, 0.25) is 0 Å². The van der Waals surface area contributed by atoms with Crippen molar-refractivity contribution in [3.8, 4) is 0 Å². The largest absolute Gasteiger partial charge is 0.379 e. The standard InChI is InChI=1S/C8H14N4OS/c1-14-5-3-2-4-9-7-6-10-12-11-8(7)13/h6H,2-5H2,1H3,(H,9,12)(H,10,11,13). The number of nitrogens with zero attached hydrogens (tertiary/aromatic N) is 2. The molecule has 0 spiro atoms. The van der Waals surface area contributed by atoms with E-state index >= 15 is 0 Å². The van der Waals surface area contributed by atoms with Crippen LogP contribution in [0.5, 0.6) is 0 Å². The molecule has 0 saturated carbocycles. The zero-order valence-electron chi connectivity index (χ0n) is 8.12. The summed E-state index contributed by atoms with van der Waals surface area (Å²) in [6.45, 7) is 0.801. The van der Waals surface area contributed by atoms with E-state index in [0.717, 1.165) is 25.1 Å². The minimum Gasteiger partial charge on any atom is -0.379 e. The van der Waals surface area contributed by atoms with Gasteiger partial charge in [0, 0.05) is 6.54 Å². The van der Waals surface area contributed by atoms with Gasteiger partial charge in [0.25, 0.3) is 5.56 Å². The number of anilines is 1. The smallest absolute Gasteiger partial charge is 0.290 e. The Bertz CT molecular complexity index is 314. The maximum atomic E-state index is 11.1. The molecule has 0 amide bonds. The molecule has 1 aromatic heterocycles. The highest BCUT2D eigenvalue weighted by Gasteiger charge is 1.96. The highest BCUT2D eigenvalue weighted by molar-refractivity contribution is 7.98. The molecular weight excluding hydrogens is 200 g/mol. The number of hydrogen-bond donors (Lipinski definition) is 2. The number of hydrogen-bond acceptors (Lipinski definition) is 5. The average molecular weight is 214 g/mol. The van der Waals surface area contributed by atoms with E-state index in [0.29, 0.717) is 5.69 Å². The number of aromatic nitrogens is 3. The van der Waals surface area contributed by atoms with Crippen molar-refractivity contribution in [2.45, 2.75) is 12.8 Å². The van der Waals surface area contributed by atoms with Crippen molar-refractivity contribution in [2.75, 3.05) is 23.9 Å². The van der Waals surface area contributed by atoms with Crippen LogP contribution in [-0.4, -0.2) is 34.0 Å². The highest BCUT2D eigenvalue weighted by Crippen LogP contribution is 2.00. The van der Waals surface area contributed by atoms with Gasteiger partial charge in [-0.25, -0.2) is 5.10 Å². The summed E-state index contributed by atoms with van der Waals surface area (Å²) in [5.74, 6) is 1.16. The van der Waals surface area contributed by atoms with Crippen molar-refractivity contribution in [3.05, 3.63) is 16.6 Å². The fourth-order valence-electron chi connectivity index (χ4n) is 1.00. The third kappa shape index (κ3) is 3.78. The maximum Gasteiger partial charge on any atom is 0.290 e. The molecule has 6 heteroatoms. The second kappa shape index (κ2) is 6.42. The minimum absolute atomic E-state index is 0.218. The quantitative estimate of drug-likeness (QED) is 0.683. The van der Waals surface area contributed by atoms with Gasteiger partial charge >= 0.3 is 0 Å². The van der Waals surface area contributed by atoms with E-state index in [-0.39, 0.29) is 5.56 Å². The zero-order chi connectivity index (χ0) is 10.2. The Morgan fingerprint density at radius 2 is 2.43 bits per heavy atom. The molecule has 0 unspecified atom stereocenters. The molecule has 1 rings (SSSR count). The van der Waals surface area contributed by atoms with Gasteiger partial charge in [0.15, 0.2) is 0 Å².